The van der Waals surface area contributed by atoms with Gasteiger partial charge in [0.05, 0.1) is 5.56 Å². The van der Waals surface area contributed by atoms with Crippen molar-refractivity contribution in [3.8, 4) is 119 Å². The highest BCUT2D eigenvalue weighted by Crippen LogP contribution is 2.16. The first-order valence-electron chi connectivity index (χ1n) is 7.73. The van der Waals surface area contributed by atoms with Gasteiger partial charge in [-0.3, -0.25) is 0 Å². The van der Waals surface area contributed by atoms with Gasteiger partial charge < -0.3 is 0 Å². The molecule has 0 fully saturated rings. The molecule has 1 aromatic carbocycles. The molecule has 0 amide bonds. The van der Waals surface area contributed by atoms with Gasteiger partial charge in [-0.15, -0.1) is 12.8 Å². The van der Waals surface area contributed by atoms with E-state index in [1.165, 1.54) is 0 Å². The van der Waals surface area contributed by atoms with E-state index in [0.29, 0.717) is 22.3 Å². The quantitative estimate of drug-likeness (QED) is 0.633. The second-order valence-corrected chi connectivity index (χ2v) is 4.49. The van der Waals surface area contributed by atoms with Gasteiger partial charge in [-0.05, 0) is 97.0 Å². The van der Waals surface area contributed by atoms with Gasteiger partial charge in [-0.2, -0.15) is 0 Å². The molecule has 1 rings (SSSR count). The Bertz CT molecular complexity index is 1370. The van der Waals surface area contributed by atoms with Crippen molar-refractivity contribution >= 4 is 0 Å². The Kier molecular flexibility index (Phi) is 9.80. The predicted molar refractivity (Wildman–Crippen MR) is 114 cm³/mol. The molecule has 0 aliphatic rings. The lowest BCUT2D eigenvalue weighted by Crippen LogP contribution is -1.93. The van der Waals surface area contributed by atoms with E-state index in [2.05, 4.69) is 107 Å². The molecule has 0 heteroatoms. The third-order valence-corrected chi connectivity index (χ3v) is 2.70. The molecular weight excluding hydrogens is 336 g/mol. The van der Waals surface area contributed by atoms with E-state index in [0.717, 1.165) is 0 Å². The smallest absolute Gasteiger partial charge is 0.0570 e. The van der Waals surface area contributed by atoms with Crippen LogP contribution in [0.3, 0.4) is 0 Å². The van der Waals surface area contributed by atoms with Crippen LogP contribution in [0.25, 0.3) is 0 Å². The van der Waals surface area contributed by atoms with E-state index < -0.39 is 0 Å². The average Bonchev–Trinajstić information content (AvgIpc) is 2.71. The molecule has 0 atom stereocenters. The highest BCUT2D eigenvalue weighted by atomic mass is 14.1. The topological polar surface area (TPSA) is 0 Å². The summed E-state index contributed by atoms with van der Waals surface area (Å²) in [6.07, 6.45) is 10.4. The minimum Gasteiger partial charge on any atom is -0.106 e. The van der Waals surface area contributed by atoms with Gasteiger partial charge in [0, 0.05) is 16.7 Å². The lowest BCUT2D eigenvalue weighted by atomic mass is 9.98. The van der Waals surface area contributed by atoms with Crippen molar-refractivity contribution in [2.75, 3.05) is 0 Å². The molecular formula is C28H10. The van der Waals surface area contributed by atoms with Gasteiger partial charge >= 0.3 is 0 Å². The summed E-state index contributed by atoms with van der Waals surface area (Å²) in [4.78, 5) is 0. The fraction of sp³-hybridized carbons (Fsp3) is 0.0714. The molecule has 0 unspecified atom stereocenters. The first-order valence-corrected chi connectivity index (χ1v) is 7.73. The Hall–Kier alpha value is -5.18. The van der Waals surface area contributed by atoms with E-state index in [9.17, 15) is 0 Å². The van der Waals surface area contributed by atoms with Gasteiger partial charge in [-0.25, -0.2) is 0 Å². The Morgan fingerprint density at radius 3 is 1.68 bits per heavy atom. The zero-order valence-corrected chi connectivity index (χ0v) is 15.3. The van der Waals surface area contributed by atoms with Gasteiger partial charge in [-0.1, -0.05) is 35.5 Å². The molecule has 0 aromatic heterocycles. The molecule has 0 heterocycles. The molecule has 0 N–H and O–H groups in total. The summed E-state index contributed by atoms with van der Waals surface area (Å²) >= 11 is 0. The Morgan fingerprint density at radius 1 is 0.536 bits per heavy atom. The summed E-state index contributed by atoms with van der Waals surface area (Å²) in [5, 5.41) is 0. The largest absolute Gasteiger partial charge is 0.106 e. The van der Waals surface area contributed by atoms with Gasteiger partial charge in [0.25, 0.3) is 0 Å². The van der Waals surface area contributed by atoms with E-state index in [-0.39, 0.29) is 0 Å². The molecule has 0 nitrogen and oxygen atoms in total. The SMILES string of the molecule is C#CC#CC#Cc1cc(C#CC#CC#CC)cc(C#CC#C)c1C#CC#CC. The van der Waals surface area contributed by atoms with Crippen LogP contribution in [0.1, 0.15) is 36.1 Å². The van der Waals surface area contributed by atoms with Crippen LogP contribution < -0.4 is 0 Å². The third-order valence-electron chi connectivity index (χ3n) is 2.70. The van der Waals surface area contributed by atoms with Crippen molar-refractivity contribution in [2.45, 2.75) is 13.8 Å². The molecule has 0 aliphatic heterocycles. The maximum Gasteiger partial charge on any atom is 0.0570 e. The second-order valence-electron chi connectivity index (χ2n) is 4.49. The number of hydrogen-bond acceptors (Lipinski definition) is 0. The lowest BCUT2D eigenvalue weighted by Gasteiger charge is -2.02. The summed E-state index contributed by atoms with van der Waals surface area (Å²) in [6.45, 7) is 3.40. The molecule has 0 saturated heterocycles. The van der Waals surface area contributed by atoms with Crippen molar-refractivity contribution in [3.63, 3.8) is 0 Å². The first-order chi connectivity index (χ1) is 13.8. The Morgan fingerprint density at radius 2 is 1.04 bits per heavy atom. The first kappa shape index (κ1) is 20.9. The van der Waals surface area contributed by atoms with Gasteiger partial charge in [0.1, 0.15) is 0 Å². The van der Waals surface area contributed by atoms with Crippen LogP contribution in [0.5, 0.6) is 0 Å². The maximum atomic E-state index is 5.26. The fourth-order valence-corrected chi connectivity index (χ4v) is 1.70. The van der Waals surface area contributed by atoms with E-state index in [1.807, 2.05) is 0 Å². The van der Waals surface area contributed by atoms with Gasteiger partial charge in [0.2, 0.25) is 0 Å². The van der Waals surface area contributed by atoms with E-state index >= 15 is 0 Å². The molecule has 0 radical (unpaired) electrons. The molecule has 28 heavy (non-hydrogen) atoms. The predicted octanol–water partition coefficient (Wildman–Crippen LogP) is 2.41. The van der Waals surface area contributed by atoms with Crippen LogP contribution in [0.15, 0.2) is 12.1 Å². The third kappa shape index (κ3) is 7.59. The number of rotatable bonds is 0. The highest BCUT2D eigenvalue weighted by molar-refractivity contribution is 5.65. The van der Waals surface area contributed by atoms with Crippen molar-refractivity contribution in [2.24, 2.45) is 0 Å². The molecule has 0 spiro atoms. The summed E-state index contributed by atoms with van der Waals surface area (Å²) in [7, 11) is 0. The fourth-order valence-electron chi connectivity index (χ4n) is 1.70. The lowest BCUT2D eigenvalue weighted by molar-refractivity contribution is 1.51. The average molecular weight is 346 g/mol. The minimum atomic E-state index is 0.589. The van der Waals surface area contributed by atoms with Crippen LogP contribution in [-0.2, 0) is 0 Å². The van der Waals surface area contributed by atoms with Gasteiger partial charge in [0.15, 0.2) is 0 Å². The molecule has 0 aliphatic carbocycles. The number of terminal acetylenes is 2. The maximum absolute atomic E-state index is 5.26. The summed E-state index contributed by atoms with van der Waals surface area (Å²) < 4.78 is 0. The normalized spacial score (nSPS) is 6.00. The summed E-state index contributed by atoms with van der Waals surface area (Å²) in [5.74, 6) is 47.9. The Balaban J connectivity index is 3.73. The van der Waals surface area contributed by atoms with Crippen LogP contribution in [-0.4, -0.2) is 0 Å². The molecule has 0 saturated carbocycles. The van der Waals surface area contributed by atoms with E-state index in [4.69, 9.17) is 12.8 Å². The van der Waals surface area contributed by atoms with Crippen molar-refractivity contribution in [1.82, 2.24) is 0 Å². The summed E-state index contributed by atoms with van der Waals surface area (Å²) in [6, 6.07) is 3.54. The minimum absolute atomic E-state index is 0.589. The van der Waals surface area contributed by atoms with Crippen LogP contribution in [0.2, 0.25) is 0 Å². The standard InChI is InChI=1S/C28H10/c1-5-9-13-15-17-19-25-23-26(20-12-8-4)28(22-16-11-7-3)27(24-25)21-18-14-10-6-2/h2,4,23-24H,1,3H3. The van der Waals surface area contributed by atoms with Crippen LogP contribution >= 0.6 is 0 Å². The highest BCUT2D eigenvalue weighted by Gasteiger charge is 2.06. The van der Waals surface area contributed by atoms with Crippen molar-refractivity contribution in [1.29, 1.82) is 0 Å². The van der Waals surface area contributed by atoms with E-state index in [1.54, 1.807) is 26.0 Å². The second kappa shape index (κ2) is 13.1. The van der Waals surface area contributed by atoms with Crippen molar-refractivity contribution < 1.29 is 0 Å². The summed E-state index contributed by atoms with van der Waals surface area (Å²) in [5.41, 5.74) is 2.42. The molecule has 122 valence electrons. The van der Waals surface area contributed by atoms with Crippen LogP contribution in [0, 0.1) is 119 Å². The number of benzene rings is 1. The molecule has 0 bridgehead atoms. The number of hydrogen-bond donors (Lipinski definition) is 0. The Labute approximate surface area is 167 Å². The monoisotopic (exact) mass is 346 g/mol. The zero-order valence-electron chi connectivity index (χ0n) is 15.3. The van der Waals surface area contributed by atoms with Crippen LogP contribution in [0.4, 0.5) is 0 Å². The molecule has 1 aromatic rings. The zero-order chi connectivity index (χ0) is 20.5. The van der Waals surface area contributed by atoms with Crippen molar-refractivity contribution in [3.05, 3.63) is 34.4 Å².